The molecule has 0 unspecified atom stereocenters. The Morgan fingerprint density at radius 1 is 0.339 bits per heavy atom. The first-order chi connectivity index (χ1) is 27.7. The maximum Gasteiger partial charge on any atom is 0.164 e. The van der Waals surface area contributed by atoms with Gasteiger partial charge in [0.1, 0.15) is 11.2 Å². The van der Waals surface area contributed by atoms with Gasteiger partial charge < -0.3 is 8.98 Å². The molecule has 0 bridgehead atoms. The van der Waals surface area contributed by atoms with E-state index < -0.39 is 0 Å². The highest BCUT2D eigenvalue weighted by Crippen LogP contribution is 2.41. The van der Waals surface area contributed by atoms with E-state index in [-0.39, 0.29) is 0 Å². The van der Waals surface area contributed by atoms with Crippen molar-refractivity contribution in [2.75, 3.05) is 0 Å². The predicted molar refractivity (Wildman–Crippen MR) is 230 cm³/mol. The van der Waals surface area contributed by atoms with Crippen LogP contribution >= 0.6 is 0 Å². The Labute approximate surface area is 320 Å². The summed E-state index contributed by atoms with van der Waals surface area (Å²) < 4.78 is 8.99. The Morgan fingerprint density at radius 3 is 1.43 bits per heavy atom. The fourth-order valence-electron chi connectivity index (χ4n) is 8.47. The number of aromatic nitrogens is 4. The van der Waals surface area contributed by atoms with E-state index in [1.54, 1.807) is 0 Å². The first-order valence-corrected chi connectivity index (χ1v) is 18.8. The molecule has 12 rings (SSSR count). The van der Waals surface area contributed by atoms with Crippen LogP contribution in [-0.4, -0.2) is 19.5 Å². The quantitative estimate of drug-likeness (QED) is 0.182. The van der Waals surface area contributed by atoms with Crippen LogP contribution in [0.2, 0.25) is 0 Å². The summed E-state index contributed by atoms with van der Waals surface area (Å²) in [5, 5.41) is 11.7. The standard InChI is InChI=1S/C51H30N4O/c1-3-11-32(12-4-1)49-52-50(33-13-5-2-6-14-33)54-51(53-49)38-20-19-31-21-23-47-48(40(31)27-38)43-30-39(22-24-46(43)56-47)55-44-28-36-17-9-7-15-34(36)25-41(44)42-26-35-16-8-10-18-37(35)29-45(42)55/h1-30H. The van der Waals surface area contributed by atoms with Crippen molar-refractivity contribution in [3.63, 3.8) is 0 Å². The molecule has 3 aromatic heterocycles. The number of hydrogen-bond donors (Lipinski definition) is 0. The van der Waals surface area contributed by atoms with E-state index in [9.17, 15) is 0 Å². The van der Waals surface area contributed by atoms with E-state index in [4.69, 9.17) is 19.4 Å². The van der Waals surface area contributed by atoms with E-state index in [0.717, 1.165) is 55.1 Å². The van der Waals surface area contributed by atoms with Gasteiger partial charge in [-0.2, -0.15) is 0 Å². The van der Waals surface area contributed by atoms with E-state index in [2.05, 4.69) is 126 Å². The van der Waals surface area contributed by atoms with Gasteiger partial charge in [0, 0.05) is 43.9 Å². The predicted octanol–water partition coefficient (Wildman–Crippen LogP) is 13.3. The lowest BCUT2D eigenvalue weighted by atomic mass is 10.0. The molecule has 0 atom stereocenters. The van der Waals surface area contributed by atoms with Crippen LogP contribution in [0.4, 0.5) is 0 Å². The Morgan fingerprint density at radius 2 is 0.839 bits per heavy atom. The van der Waals surface area contributed by atoms with Crippen molar-refractivity contribution in [2.45, 2.75) is 0 Å². The van der Waals surface area contributed by atoms with E-state index in [1.807, 2.05) is 60.7 Å². The van der Waals surface area contributed by atoms with Crippen molar-refractivity contribution in [2.24, 2.45) is 0 Å². The highest BCUT2D eigenvalue weighted by atomic mass is 16.3. The summed E-state index contributed by atoms with van der Waals surface area (Å²) in [4.78, 5) is 15.0. The zero-order valence-corrected chi connectivity index (χ0v) is 30.0. The molecule has 0 aliphatic heterocycles. The van der Waals surface area contributed by atoms with Gasteiger partial charge in [-0.15, -0.1) is 0 Å². The Kier molecular flexibility index (Phi) is 6.56. The molecule has 12 aromatic rings. The summed E-state index contributed by atoms with van der Waals surface area (Å²) >= 11 is 0. The van der Waals surface area contributed by atoms with Crippen LogP contribution in [0.15, 0.2) is 186 Å². The molecule has 9 aromatic carbocycles. The molecule has 0 aliphatic carbocycles. The van der Waals surface area contributed by atoms with Crippen LogP contribution in [-0.2, 0) is 0 Å². The first kappa shape index (κ1) is 30.8. The minimum atomic E-state index is 0.620. The lowest BCUT2D eigenvalue weighted by Gasteiger charge is -2.10. The molecule has 0 amide bonds. The molecular weight excluding hydrogens is 685 g/mol. The molecule has 0 radical (unpaired) electrons. The van der Waals surface area contributed by atoms with Crippen molar-refractivity contribution in [3.05, 3.63) is 182 Å². The summed E-state index contributed by atoms with van der Waals surface area (Å²) in [6.45, 7) is 0. The van der Waals surface area contributed by atoms with Crippen molar-refractivity contribution < 1.29 is 4.42 Å². The monoisotopic (exact) mass is 714 g/mol. The number of benzene rings is 9. The number of hydrogen-bond acceptors (Lipinski definition) is 4. The van der Waals surface area contributed by atoms with Crippen LogP contribution in [0, 0.1) is 0 Å². The van der Waals surface area contributed by atoms with Crippen molar-refractivity contribution in [3.8, 4) is 39.9 Å². The maximum atomic E-state index is 6.57. The van der Waals surface area contributed by atoms with Gasteiger partial charge in [-0.25, -0.2) is 15.0 Å². The van der Waals surface area contributed by atoms with Crippen molar-refractivity contribution in [1.82, 2.24) is 19.5 Å². The van der Waals surface area contributed by atoms with Gasteiger partial charge in [-0.3, -0.25) is 0 Å². The number of furan rings is 1. The fraction of sp³-hybridized carbons (Fsp3) is 0. The average Bonchev–Trinajstić information content (AvgIpc) is 3.79. The van der Waals surface area contributed by atoms with Gasteiger partial charge in [-0.1, -0.05) is 127 Å². The number of rotatable bonds is 4. The molecule has 3 heterocycles. The summed E-state index contributed by atoms with van der Waals surface area (Å²) in [5.41, 5.74) is 7.90. The molecule has 0 fully saturated rings. The van der Waals surface area contributed by atoms with Gasteiger partial charge in [-0.05, 0) is 86.9 Å². The highest BCUT2D eigenvalue weighted by Gasteiger charge is 2.19. The third kappa shape index (κ3) is 4.78. The molecule has 260 valence electrons. The fourth-order valence-corrected chi connectivity index (χ4v) is 8.47. The average molecular weight is 715 g/mol. The van der Waals surface area contributed by atoms with Crippen LogP contribution in [0.25, 0.3) is 116 Å². The smallest absolute Gasteiger partial charge is 0.164 e. The van der Waals surface area contributed by atoms with Crippen molar-refractivity contribution >= 4 is 76.1 Å². The Hall–Kier alpha value is -7.63. The third-order valence-corrected chi connectivity index (χ3v) is 11.2. The minimum Gasteiger partial charge on any atom is -0.456 e. The summed E-state index contributed by atoms with van der Waals surface area (Å²) in [6, 6.07) is 64.0. The van der Waals surface area contributed by atoms with Gasteiger partial charge in [0.05, 0.1) is 11.0 Å². The summed E-state index contributed by atoms with van der Waals surface area (Å²) in [5.74, 6) is 1.89. The topological polar surface area (TPSA) is 56.7 Å². The second kappa shape index (κ2) is 11.9. The zero-order chi connectivity index (χ0) is 36.7. The van der Waals surface area contributed by atoms with Crippen LogP contribution < -0.4 is 0 Å². The van der Waals surface area contributed by atoms with E-state index in [1.165, 1.54) is 43.4 Å². The number of nitrogens with zero attached hydrogens (tertiary/aromatic N) is 4. The minimum absolute atomic E-state index is 0.620. The zero-order valence-electron chi connectivity index (χ0n) is 30.0. The Bertz CT molecular complexity index is 3380. The normalized spacial score (nSPS) is 11.9. The molecule has 5 heteroatoms. The molecule has 0 saturated carbocycles. The molecule has 5 nitrogen and oxygen atoms in total. The van der Waals surface area contributed by atoms with Crippen molar-refractivity contribution in [1.29, 1.82) is 0 Å². The maximum absolute atomic E-state index is 6.57. The highest BCUT2D eigenvalue weighted by molar-refractivity contribution is 6.20. The lowest BCUT2D eigenvalue weighted by molar-refractivity contribution is 0.669. The third-order valence-electron chi connectivity index (χ3n) is 11.2. The summed E-state index contributed by atoms with van der Waals surface area (Å²) in [7, 11) is 0. The molecule has 0 N–H and O–H groups in total. The number of fused-ring (bicyclic) bond motifs is 10. The summed E-state index contributed by atoms with van der Waals surface area (Å²) in [6.07, 6.45) is 0. The van der Waals surface area contributed by atoms with E-state index in [0.29, 0.717) is 17.5 Å². The molecule has 0 spiro atoms. The van der Waals surface area contributed by atoms with E-state index >= 15 is 0 Å². The Balaban J connectivity index is 1.10. The van der Waals surface area contributed by atoms with Gasteiger partial charge in [0.25, 0.3) is 0 Å². The molecule has 56 heavy (non-hydrogen) atoms. The largest absolute Gasteiger partial charge is 0.456 e. The second-order valence-electron chi connectivity index (χ2n) is 14.5. The van der Waals surface area contributed by atoms with Gasteiger partial charge in [0.15, 0.2) is 17.5 Å². The van der Waals surface area contributed by atoms with Crippen LogP contribution in [0.1, 0.15) is 0 Å². The molecular formula is C51H30N4O. The van der Waals surface area contributed by atoms with Gasteiger partial charge >= 0.3 is 0 Å². The van der Waals surface area contributed by atoms with Crippen LogP contribution in [0.5, 0.6) is 0 Å². The molecule has 0 aliphatic rings. The molecule has 0 saturated heterocycles. The first-order valence-electron chi connectivity index (χ1n) is 18.8. The SMILES string of the molecule is c1ccc(-c2nc(-c3ccccc3)nc(-c3ccc4ccc5oc6ccc(-n7c8cc9ccccc9cc8c8cc9ccccc9cc87)cc6c5c4c3)n2)cc1. The van der Waals surface area contributed by atoms with Crippen LogP contribution in [0.3, 0.4) is 0 Å². The van der Waals surface area contributed by atoms with Gasteiger partial charge in [0.2, 0.25) is 0 Å². The second-order valence-corrected chi connectivity index (χ2v) is 14.5. The lowest BCUT2D eigenvalue weighted by Crippen LogP contribution is -2.00.